The monoisotopic (exact) mass is 410 g/mol. The minimum absolute atomic E-state index is 0.146. The maximum Gasteiger partial charge on any atom is 0.331 e. The number of carbonyl (C=O) groups excluding carboxylic acids is 1. The van der Waals surface area contributed by atoms with Crippen molar-refractivity contribution < 1.29 is 14.0 Å². The summed E-state index contributed by atoms with van der Waals surface area (Å²) in [6.07, 6.45) is 1.79. The average molecular weight is 410 g/mol. The molecule has 0 amide bonds. The van der Waals surface area contributed by atoms with Gasteiger partial charge in [0.2, 0.25) is 0 Å². The molecular formula is C15H27IO3Si. The number of hydrogen-bond donors (Lipinski definition) is 0. The van der Waals surface area contributed by atoms with Gasteiger partial charge in [0.05, 0.1) is 6.61 Å². The molecule has 0 saturated carbocycles. The molecule has 3 nitrogen and oxygen atoms in total. The van der Waals surface area contributed by atoms with E-state index in [1.165, 1.54) is 6.08 Å². The summed E-state index contributed by atoms with van der Waals surface area (Å²) in [4.78, 5) is 11.6. The molecule has 0 N–H and O–H groups in total. The average Bonchev–Trinajstić information content (AvgIpc) is 2.24. The Morgan fingerprint density at radius 2 is 1.95 bits per heavy atom. The first kappa shape index (κ1) is 19.9. The molecule has 0 aliphatic carbocycles. The lowest BCUT2D eigenvalue weighted by Crippen LogP contribution is -2.43. The first-order chi connectivity index (χ1) is 8.99. The Morgan fingerprint density at radius 1 is 1.40 bits per heavy atom. The predicted molar refractivity (Wildman–Crippen MR) is 95.6 cm³/mol. The van der Waals surface area contributed by atoms with Crippen molar-refractivity contribution in [1.82, 2.24) is 0 Å². The van der Waals surface area contributed by atoms with Gasteiger partial charge < -0.3 is 9.16 Å². The SMILES string of the molecule is C=C(C)CC(CO[Si](C)(C)C(C)(C)C)OC(=O)/C=C/I. The van der Waals surface area contributed by atoms with Crippen molar-refractivity contribution in [2.24, 2.45) is 0 Å². The molecular weight excluding hydrogens is 383 g/mol. The van der Waals surface area contributed by atoms with Crippen LogP contribution in [0.4, 0.5) is 0 Å². The molecule has 0 aromatic carbocycles. The highest BCUT2D eigenvalue weighted by molar-refractivity contribution is 14.1. The van der Waals surface area contributed by atoms with Gasteiger partial charge in [-0.15, -0.1) is 6.58 Å². The maximum atomic E-state index is 11.6. The van der Waals surface area contributed by atoms with Crippen LogP contribution in [-0.2, 0) is 14.0 Å². The Kier molecular flexibility index (Phi) is 8.28. The van der Waals surface area contributed by atoms with Gasteiger partial charge >= 0.3 is 5.97 Å². The van der Waals surface area contributed by atoms with Gasteiger partial charge in [-0.1, -0.05) is 48.9 Å². The molecule has 0 aliphatic rings. The van der Waals surface area contributed by atoms with Crippen LogP contribution in [-0.4, -0.2) is 27.0 Å². The van der Waals surface area contributed by atoms with Crippen LogP contribution in [0.1, 0.15) is 34.1 Å². The van der Waals surface area contributed by atoms with Gasteiger partial charge in [0.25, 0.3) is 0 Å². The minimum atomic E-state index is -1.83. The number of esters is 1. The maximum absolute atomic E-state index is 11.6. The molecule has 1 unspecified atom stereocenters. The van der Waals surface area contributed by atoms with Crippen molar-refractivity contribution in [1.29, 1.82) is 0 Å². The van der Waals surface area contributed by atoms with Crippen LogP contribution in [0.25, 0.3) is 0 Å². The van der Waals surface area contributed by atoms with E-state index in [1.54, 1.807) is 4.08 Å². The van der Waals surface area contributed by atoms with Gasteiger partial charge in [0.15, 0.2) is 8.32 Å². The third-order valence-electron chi connectivity index (χ3n) is 3.49. The van der Waals surface area contributed by atoms with Gasteiger partial charge in [0.1, 0.15) is 6.10 Å². The largest absolute Gasteiger partial charge is 0.456 e. The quantitative estimate of drug-likeness (QED) is 0.198. The topological polar surface area (TPSA) is 35.5 Å². The summed E-state index contributed by atoms with van der Waals surface area (Å²) in [7, 11) is -1.83. The van der Waals surface area contributed by atoms with E-state index in [9.17, 15) is 4.79 Å². The highest BCUT2D eigenvalue weighted by Crippen LogP contribution is 2.36. The molecule has 116 valence electrons. The van der Waals surface area contributed by atoms with E-state index in [0.29, 0.717) is 13.0 Å². The van der Waals surface area contributed by atoms with Crippen molar-refractivity contribution in [2.75, 3.05) is 6.61 Å². The van der Waals surface area contributed by atoms with E-state index in [4.69, 9.17) is 9.16 Å². The van der Waals surface area contributed by atoms with Gasteiger partial charge in [-0.2, -0.15) is 0 Å². The summed E-state index contributed by atoms with van der Waals surface area (Å²) in [5, 5.41) is 0.146. The van der Waals surface area contributed by atoms with E-state index in [0.717, 1.165) is 5.57 Å². The Bertz CT molecular complexity index is 370. The van der Waals surface area contributed by atoms with Gasteiger partial charge in [-0.25, -0.2) is 4.79 Å². The fourth-order valence-corrected chi connectivity index (χ4v) is 2.63. The van der Waals surface area contributed by atoms with E-state index >= 15 is 0 Å². The molecule has 0 saturated heterocycles. The molecule has 0 spiro atoms. The zero-order valence-electron chi connectivity index (χ0n) is 13.5. The zero-order valence-corrected chi connectivity index (χ0v) is 16.6. The van der Waals surface area contributed by atoms with Crippen molar-refractivity contribution in [3.8, 4) is 0 Å². The zero-order chi connectivity index (χ0) is 16.0. The molecule has 0 heterocycles. The molecule has 20 heavy (non-hydrogen) atoms. The van der Waals surface area contributed by atoms with Crippen molar-refractivity contribution in [3.63, 3.8) is 0 Å². The molecule has 0 bridgehead atoms. The normalized spacial score (nSPS) is 14.3. The number of carbonyl (C=O) groups is 1. The molecule has 0 radical (unpaired) electrons. The first-order valence-electron chi connectivity index (χ1n) is 6.75. The fourth-order valence-electron chi connectivity index (χ4n) is 1.30. The first-order valence-corrected chi connectivity index (χ1v) is 10.9. The fraction of sp³-hybridized carbons (Fsp3) is 0.667. The van der Waals surface area contributed by atoms with Gasteiger partial charge in [0, 0.05) is 12.5 Å². The molecule has 0 rings (SSSR count). The Hall–Kier alpha value is -0.143. The molecule has 0 aromatic rings. The van der Waals surface area contributed by atoms with Crippen molar-refractivity contribution >= 4 is 36.9 Å². The van der Waals surface area contributed by atoms with Crippen LogP contribution in [0.5, 0.6) is 0 Å². The molecule has 1 atom stereocenters. The summed E-state index contributed by atoms with van der Waals surface area (Å²) in [5.41, 5.74) is 0.986. The Labute approximate surface area is 138 Å². The van der Waals surface area contributed by atoms with Crippen LogP contribution in [0.2, 0.25) is 18.1 Å². The van der Waals surface area contributed by atoms with Crippen LogP contribution >= 0.6 is 22.6 Å². The van der Waals surface area contributed by atoms with E-state index in [1.807, 2.05) is 29.5 Å². The molecule has 0 aliphatic heterocycles. The summed E-state index contributed by atoms with van der Waals surface area (Å²) >= 11 is 2.00. The number of hydrogen-bond acceptors (Lipinski definition) is 3. The summed E-state index contributed by atoms with van der Waals surface area (Å²) < 4.78 is 13.2. The second-order valence-electron chi connectivity index (χ2n) is 6.58. The Balaban J connectivity index is 4.67. The third kappa shape index (κ3) is 7.59. The second-order valence-corrected chi connectivity index (χ2v) is 12.1. The smallest absolute Gasteiger partial charge is 0.331 e. The lowest BCUT2D eigenvalue weighted by Gasteiger charge is -2.37. The number of ether oxygens (including phenoxy) is 1. The van der Waals surface area contributed by atoms with Gasteiger partial charge in [-0.3, -0.25) is 0 Å². The van der Waals surface area contributed by atoms with E-state index < -0.39 is 8.32 Å². The van der Waals surface area contributed by atoms with Gasteiger partial charge in [-0.05, 0) is 29.1 Å². The standard InChI is InChI=1S/C15H27IO3Si/c1-12(2)10-13(19-14(17)8-9-16)11-18-20(6,7)15(3,4)5/h8-9,13H,1,10-11H2,2-7H3/b9-8+. The van der Waals surface area contributed by atoms with Crippen LogP contribution < -0.4 is 0 Å². The third-order valence-corrected chi connectivity index (χ3v) is 8.35. The summed E-state index contributed by atoms with van der Waals surface area (Å²) in [5.74, 6) is -0.329. The highest BCUT2D eigenvalue weighted by atomic mass is 127. The van der Waals surface area contributed by atoms with E-state index in [-0.39, 0.29) is 17.1 Å². The second kappa shape index (κ2) is 8.34. The molecule has 5 heteroatoms. The summed E-state index contributed by atoms with van der Waals surface area (Å²) in [6, 6.07) is 0. The van der Waals surface area contributed by atoms with Crippen LogP contribution in [0, 0.1) is 0 Å². The molecule has 0 aromatic heterocycles. The van der Waals surface area contributed by atoms with E-state index in [2.05, 4.69) is 40.4 Å². The highest BCUT2D eigenvalue weighted by Gasteiger charge is 2.37. The predicted octanol–water partition coefficient (Wildman–Crippen LogP) is 4.83. The summed E-state index contributed by atoms with van der Waals surface area (Å²) in [6.45, 7) is 17.2. The number of halogens is 1. The number of rotatable bonds is 7. The lowest BCUT2D eigenvalue weighted by atomic mass is 10.1. The Morgan fingerprint density at radius 3 is 2.35 bits per heavy atom. The van der Waals surface area contributed by atoms with Crippen molar-refractivity contribution in [3.05, 3.63) is 22.3 Å². The van der Waals surface area contributed by atoms with Crippen LogP contribution in [0.15, 0.2) is 22.3 Å². The van der Waals surface area contributed by atoms with Crippen LogP contribution in [0.3, 0.4) is 0 Å². The van der Waals surface area contributed by atoms with Crippen molar-refractivity contribution in [2.45, 2.75) is 58.4 Å². The minimum Gasteiger partial charge on any atom is -0.456 e. The lowest BCUT2D eigenvalue weighted by molar-refractivity contribution is -0.144. The molecule has 0 fully saturated rings.